The molecule has 0 aliphatic rings. The molecule has 1 aromatic carbocycles. The number of aromatic amines is 1. The van der Waals surface area contributed by atoms with Crippen LogP contribution in [0, 0.1) is 16.7 Å². The van der Waals surface area contributed by atoms with Crippen molar-refractivity contribution < 1.29 is 0 Å². The number of hydrogen-bond acceptors (Lipinski definition) is 3. The molecule has 1 aromatic heterocycles. The van der Waals surface area contributed by atoms with Gasteiger partial charge in [-0.25, -0.2) is 0 Å². The third kappa shape index (κ3) is 3.21. The minimum atomic E-state index is -0.427. The van der Waals surface area contributed by atoms with Gasteiger partial charge < -0.3 is 10.3 Å². The lowest BCUT2D eigenvalue weighted by molar-refractivity contribution is 0.444. The molecule has 0 aliphatic carbocycles. The summed E-state index contributed by atoms with van der Waals surface area (Å²) >= 11 is 0. The Balaban J connectivity index is 2.15. The maximum absolute atomic E-state index is 11.9. The van der Waals surface area contributed by atoms with Gasteiger partial charge in [-0.05, 0) is 31.4 Å². The van der Waals surface area contributed by atoms with Crippen LogP contribution in [-0.4, -0.2) is 11.5 Å². The van der Waals surface area contributed by atoms with E-state index in [1.807, 2.05) is 44.2 Å². The highest BCUT2D eigenvalue weighted by Gasteiger charge is 2.15. The van der Waals surface area contributed by atoms with E-state index in [1.165, 1.54) is 0 Å². The predicted octanol–water partition coefficient (Wildman–Crippen LogP) is 2.17. The van der Waals surface area contributed by atoms with E-state index >= 15 is 0 Å². The third-order valence-corrected chi connectivity index (χ3v) is 3.02. The average molecular weight is 255 g/mol. The first-order chi connectivity index (χ1) is 9.02. The molecule has 0 aliphatic heterocycles. The summed E-state index contributed by atoms with van der Waals surface area (Å²) in [4.78, 5) is 14.8. The first-order valence-electron chi connectivity index (χ1n) is 6.25. The van der Waals surface area contributed by atoms with E-state index < -0.39 is 5.41 Å². The highest BCUT2D eigenvalue weighted by Crippen LogP contribution is 2.12. The maximum Gasteiger partial charge on any atom is 0.252 e. The third-order valence-electron chi connectivity index (χ3n) is 3.02. The number of hydrogen-bond donors (Lipinski definition) is 2. The molecule has 0 saturated carbocycles. The van der Waals surface area contributed by atoms with Crippen LogP contribution < -0.4 is 10.9 Å². The minimum Gasteiger partial charge on any atom is -0.322 e. The quantitative estimate of drug-likeness (QED) is 0.879. The molecule has 2 aromatic rings. The Morgan fingerprint density at radius 2 is 2.11 bits per heavy atom. The van der Waals surface area contributed by atoms with Crippen molar-refractivity contribution >= 4 is 10.9 Å². The largest absolute Gasteiger partial charge is 0.322 e. The van der Waals surface area contributed by atoms with Crippen molar-refractivity contribution in [1.29, 1.82) is 5.26 Å². The summed E-state index contributed by atoms with van der Waals surface area (Å²) in [6.45, 7) is 4.75. The Labute approximate surface area is 112 Å². The molecular weight excluding hydrogens is 238 g/mol. The van der Waals surface area contributed by atoms with E-state index in [4.69, 9.17) is 5.26 Å². The predicted molar refractivity (Wildman–Crippen MR) is 75.7 cm³/mol. The van der Waals surface area contributed by atoms with Gasteiger partial charge in [0.25, 0.3) is 5.56 Å². The lowest BCUT2D eigenvalue weighted by Gasteiger charge is -2.15. The van der Waals surface area contributed by atoms with Gasteiger partial charge in [0, 0.05) is 24.2 Å². The van der Waals surface area contributed by atoms with Crippen LogP contribution in [0.5, 0.6) is 0 Å². The van der Waals surface area contributed by atoms with Gasteiger partial charge in [0.1, 0.15) is 0 Å². The van der Waals surface area contributed by atoms with Crippen molar-refractivity contribution in [3.63, 3.8) is 0 Å². The number of para-hydroxylation sites is 1. The summed E-state index contributed by atoms with van der Waals surface area (Å²) in [6.07, 6.45) is 0. The van der Waals surface area contributed by atoms with Crippen LogP contribution in [-0.2, 0) is 6.54 Å². The number of pyridine rings is 1. The van der Waals surface area contributed by atoms with E-state index in [0.29, 0.717) is 18.7 Å². The summed E-state index contributed by atoms with van der Waals surface area (Å²) in [5.41, 5.74) is 1.02. The van der Waals surface area contributed by atoms with Gasteiger partial charge in [0.15, 0.2) is 0 Å². The lowest BCUT2D eigenvalue weighted by atomic mass is 9.96. The fourth-order valence-electron chi connectivity index (χ4n) is 1.87. The SMILES string of the molecule is CC(C)(C#N)CNCc1cc2ccccc2[nH]c1=O. The van der Waals surface area contributed by atoms with Crippen molar-refractivity contribution in [2.24, 2.45) is 5.41 Å². The molecule has 98 valence electrons. The van der Waals surface area contributed by atoms with E-state index in [9.17, 15) is 4.79 Å². The Bertz CT molecular complexity index is 680. The van der Waals surface area contributed by atoms with E-state index in [0.717, 1.165) is 10.9 Å². The minimum absolute atomic E-state index is 0.0824. The Hall–Kier alpha value is -2.12. The molecule has 0 unspecified atom stereocenters. The second kappa shape index (κ2) is 5.25. The van der Waals surface area contributed by atoms with Crippen LogP contribution in [0.3, 0.4) is 0 Å². The van der Waals surface area contributed by atoms with Gasteiger partial charge in [-0.15, -0.1) is 0 Å². The number of fused-ring (bicyclic) bond motifs is 1. The van der Waals surface area contributed by atoms with Crippen LogP contribution >= 0.6 is 0 Å². The molecule has 0 bridgehead atoms. The fourth-order valence-corrected chi connectivity index (χ4v) is 1.87. The van der Waals surface area contributed by atoms with Gasteiger partial charge in [0.2, 0.25) is 0 Å². The smallest absolute Gasteiger partial charge is 0.252 e. The average Bonchev–Trinajstić information content (AvgIpc) is 2.39. The Morgan fingerprint density at radius 3 is 2.84 bits per heavy atom. The van der Waals surface area contributed by atoms with Gasteiger partial charge in [-0.2, -0.15) is 5.26 Å². The molecule has 0 fully saturated rings. The molecular formula is C15H17N3O. The van der Waals surface area contributed by atoms with Crippen molar-refractivity contribution in [3.05, 3.63) is 46.2 Å². The summed E-state index contributed by atoms with van der Waals surface area (Å²) in [6, 6.07) is 11.8. The van der Waals surface area contributed by atoms with E-state index in [-0.39, 0.29) is 5.56 Å². The summed E-state index contributed by atoms with van der Waals surface area (Å²) in [5, 5.41) is 13.1. The summed E-state index contributed by atoms with van der Waals surface area (Å²) in [5.74, 6) is 0. The Kier molecular flexibility index (Phi) is 3.68. The van der Waals surface area contributed by atoms with Crippen molar-refractivity contribution in [2.45, 2.75) is 20.4 Å². The number of nitrogens with zero attached hydrogens (tertiary/aromatic N) is 1. The fraction of sp³-hybridized carbons (Fsp3) is 0.333. The van der Waals surface area contributed by atoms with E-state index in [2.05, 4.69) is 16.4 Å². The van der Waals surface area contributed by atoms with Gasteiger partial charge in [0.05, 0.1) is 11.5 Å². The molecule has 0 amide bonds. The number of H-pyrrole nitrogens is 1. The van der Waals surface area contributed by atoms with Crippen LogP contribution in [0.4, 0.5) is 0 Å². The molecule has 4 heteroatoms. The summed E-state index contributed by atoms with van der Waals surface area (Å²) in [7, 11) is 0. The number of aromatic nitrogens is 1. The number of nitriles is 1. The van der Waals surface area contributed by atoms with Crippen molar-refractivity contribution in [3.8, 4) is 6.07 Å². The molecule has 0 radical (unpaired) electrons. The van der Waals surface area contributed by atoms with Crippen molar-refractivity contribution in [1.82, 2.24) is 10.3 Å². The van der Waals surface area contributed by atoms with Crippen LogP contribution in [0.15, 0.2) is 35.1 Å². The molecule has 2 rings (SSSR count). The van der Waals surface area contributed by atoms with Gasteiger partial charge in [-0.3, -0.25) is 4.79 Å². The van der Waals surface area contributed by atoms with Crippen LogP contribution in [0.2, 0.25) is 0 Å². The van der Waals surface area contributed by atoms with Crippen molar-refractivity contribution in [2.75, 3.05) is 6.54 Å². The molecule has 0 saturated heterocycles. The van der Waals surface area contributed by atoms with E-state index in [1.54, 1.807) is 0 Å². The zero-order valence-electron chi connectivity index (χ0n) is 11.2. The topological polar surface area (TPSA) is 68.7 Å². The standard InChI is InChI=1S/C15H17N3O/c1-15(2,9-16)10-17-8-12-7-11-5-3-4-6-13(11)18-14(12)19/h3-7,17H,8,10H2,1-2H3,(H,18,19). The number of benzene rings is 1. The normalized spacial score (nSPS) is 11.4. The first-order valence-corrected chi connectivity index (χ1v) is 6.25. The molecule has 1 heterocycles. The molecule has 0 atom stereocenters. The first kappa shape index (κ1) is 13.3. The highest BCUT2D eigenvalue weighted by molar-refractivity contribution is 5.78. The zero-order chi connectivity index (χ0) is 13.9. The highest BCUT2D eigenvalue weighted by atomic mass is 16.1. The number of nitrogens with one attached hydrogen (secondary N) is 2. The second-order valence-electron chi connectivity index (χ2n) is 5.31. The molecule has 2 N–H and O–H groups in total. The number of rotatable bonds is 4. The van der Waals surface area contributed by atoms with Crippen LogP contribution in [0.25, 0.3) is 10.9 Å². The Morgan fingerprint density at radius 1 is 1.37 bits per heavy atom. The molecule has 19 heavy (non-hydrogen) atoms. The van der Waals surface area contributed by atoms with Gasteiger partial charge in [-0.1, -0.05) is 18.2 Å². The molecule has 0 spiro atoms. The zero-order valence-corrected chi connectivity index (χ0v) is 11.2. The summed E-state index contributed by atoms with van der Waals surface area (Å²) < 4.78 is 0. The molecule has 4 nitrogen and oxygen atoms in total. The monoisotopic (exact) mass is 255 g/mol. The van der Waals surface area contributed by atoms with Crippen LogP contribution in [0.1, 0.15) is 19.4 Å². The lowest BCUT2D eigenvalue weighted by Crippen LogP contribution is -2.29. The maximum atomic E-state index is 11.9. The van der Waals surface area contributed by atoms with Gasteiger partial charge >= 0.3 is 0 Å². The second-order valence-corrected chi connectivity index (χ2v) is 5.31.